The number of aliphatic carboxylic acids is 1. The van der Waals surface area contributed by atoms with Crippen LogP contribution < -0.4 is 10.6 Å². The van der Waals surface area contributed by atoms with Crippen molar-refractivity contribution in [3.05, 3.63) is 12.3 Å². The Bertz CT molecular complexity index is 448. The molecule has 1 rings (SSSR count). The summed E-state index contributed by atoms with van der Waals surface area (Å²) in [6.45, 7) is 6.27. The van der Waals surface area contributed by atoms with E-state index in [9.17, 15) is 9.59 Å². The SMILES string of the molecule is CC(C)(C)n1nccc1NC(=O)NCCCC(=O)O. The van der Waals surface area contributed by atoms with Gasteiger partial charge >= 0.3 is 12.0 Å². The molecule has 1 heterocycles. The van der Waals surface area contributed by atoms with Crippen LogP contribution in [-0.2, 0) is 10.3 Å². The van der Waals surface area contributed by atoms with Crippen molar-refractivity contribution in [1.29, 1.82) is 0 Å². The van der Waals surface area contributed by atoms with Gasteiger partial charge in [0.2, 0.25) is 0 Å². The van der Waals surface area contributed by atoms with Crippen molar-refractivity contribution in [3.8, 4) is 0 Å². The number of carbonyl (C=O) groups is 2. The van der Waals surface area contributed by atoms with E-state index in [2.05, 4.69) is 15.7 Å². The van der Waals surface area contributed by atoms with E-state index < -0.39 is 5.97 Å². The van der Waals surface area contributed by atoms with Crippen molar-refractivity contribution in [3.63, 3.8) is 0 Å². The zero-order valence-electron chi connectivity index (χ0n) is 11.4. The van der Waals surface area contributed by atoms with Crippen molar-refractivity contribution < 1.29 is 14.7 Å². The smallest absolute Gasteiger partial charge is 0.320 e. The summed E-state index contributed by atoms with van der Waals surface area (Å²) in [6.07, 6.45) is 2.06. The molecular weight excluding hydrogens is 248 g/mol. The average Bonchev–Trinajstić information content (AvgIpc) is 2.72. The van der Waals surface area contributed by atoms with Crippen LogP contribution in [-0.4, -0.2) is 33.4 Å². The molecule has 0 aliphatic heterocycles. The second-order valence-corrected chi connectivity index (χ2v) is 5.18. The molecule has 0 radical (unpaired) electrons. The lowest BCUT2D eigenvalue weighted by atomic mass is 10.1. The molecule has 0 bridgehead atoms. The quantitative estimate of drug-likeness (QED) is 0.707. The van der Waals surface area contributed by atoms with Crippen LogP contribution in [0, 0.1) is 0 Å². The van der Waals surface area contributed by atoms with Crippen LogP contribution in [0.2, 0.25) is 0 Å². The molecule has 1 aromatic rings. The molecule has 0 aliphatic rings. The maximum atomic E-state index is 11.6. The Balaban J connectivity index is 2.45. The predicted octanol–water partition coefficient (Wildman–Crippen LogP) is 1.62. The normalized spacial score (nSPS) is 11.1. The highest BCUT2D eigenvalue weighted by Gasteiger charge is 2.18. The van der Waals surface area contributed by atoms with E-state index >= 15 is 0 Å². The zero-order chi connectivity index (χ0) is 14.5. The Hall–Kier alpha value is -2.05. The third-order valence-electron chi connectivity index (χ3n) is 2.37. The minimum Gasteiger partial charge on any atom is -0.481 e. The van der Waals surface area contributed by atoms with E-state index in [-0.39, 0.29) is 18.0 Å². The van der Waals surface area contributed by atoms with Gasteiger partial charge in [0.05, 0.1) is 11.7 Å². The van der Waals surface area contributed by atoms with Gasteiger partial charge in [0, 0.05) is 19.0 Å². The van der Waals surface area contributed by atoms with E-state index in [0.717, 1.165) is 0 Å². The van der Waals surface area contributed by atoms with Crippen LogP contribution in [0.4, 0.5) is 10.6 Å². The van der Waals surface area contributed by atoms with Gasteiger partial charge in [-0.3, -0.25) is 10.1 Å². The van der Waals surface area contributed by atoms with Gasteiger partial charge in [-0.1, -0.05) is 0 Å². The highest BCUT2D eigenvalue weighted by Crippen LogP contribution is 2.18. The molecular formula is C12H20N4O3. The third kappa shape index (κ3) is 4.99. The fraction of sp³-hybridized carbons (Fsp3) is 0.583. The number of carbonyl (C=O) groups excluding carboxylic acids is 1. The molecule has 0 atom stereocenters. The summed E-state index contributed by atoms with van der Waals surface area (Å²) < 4.78 is 1.71. The lowest BCUT2D eigenvalue weighted by Gasteiger charge is -2.22. The predicted molar refractivity (Wildman–Crippen MR) is 71.1 cm³/mol. The van der Waals surface area contributed by atoms with Crippen LogP contribution in [0.3, 0.4) is 0 Å². The minimum absolute atomic E-state index is 0.0419. The number of hydrogen-bond acceptors (Lipinski definition) is 3. The summed E-state index contributed by atoms with van der Waals surface area (Å²) >= 11 is 0. The van der Waals surface area contributed by atoms with Crippen LogP contribution in [0.25, 0.3) is 0 Å². The number of anilines is 1. The zero-order valence-corrected chi connectivity index (χ0v) is 11.4. The number of nitrogens with one attached hydrogen (secondary N) is 2. The fourth-order valence-electron chi connectivity index (χ4n) is 1.53. The van der Waals surface area contributed by atoms with Gasteiger partial charge in [0.1, 0.15) is 5.82 Å². The molecule has 19 heavy (non-hydrogen) atoms. The highest BCUT2D eigenvalue weighted by atomic mass is 16.4. The first-order valence-corrected chi connectivity index (χ1v) is 6.12. The van der Waals surface area contributed by atoms with Gasteiger partial charge < -0.3 is 10.4 Å². The van der Waals surface area contributed by atoms with E-state index in [1.807, 2.05) is 20.8 Å². The molecule has 1 aromatic heterocycles. The number of urea groups is 1. The van der Waals surface area contributed by atoms with E-state index in [4.69, 9.17) is 5.11 Å². The van der Waals surface area contributed by atoms with Crippen molar-refractivity contribution in [2.24, 2.45) is 0 Å². The Morgan fingerprint density at radius 2 is 2.11 bits per heavy atom. The van der Waals surface area contributed by atoms with Crippen LogP contribution >= 0.6 is 0 Å². The van der Waals surface area contributed by atoms with E-state index in [1.54, 1.807) is 16.9 Å². The summed E-state index contributed by atoms with van der Waals surface area (Å²) in [5, 5.41) is 17.9. The lowest BCUT2D eigenvalue weighted by Crippen LogP contribution is -2.33. The highest BCUT2D eigenvalue weighted by molar-refractivity contribution is 5.88. The summed E-state index contributed by atoms with van der Waals surface area (Å²) in [6, 6.07) is 1.35. The van der Waals surface area contributed by atoms with Gasteiger partial charge in [-0.05, 0) is 27.2 Å². The molecule has 0 aliphatic carbocycles. The second kappa shape index (κ2) is 6.21. The number of carboxylic acid groups (broad SMARTS) is 1. The number of rotatable bonds is 5. The Labute approximate surface area is 112 Å². The second-order valence-electron chi connectivity index (χ2n) is 5.18. The summed E-state index contributed by atoms with van der Waals surface area (Å²) in [4.78, 5) is 21.9. The molecule has 0 saturated carbocycles. The molecule has 0 unspecified atom stereocenters. The molecule has 7 nitrogen and oxygen atoms in total. The maximum absolute atomic E-state index is 11.6. The monoisotopic (exact) mass is 268 g/mol. The van der Waals surface area contributed by atoms with Gasteiger partial charge in [-0.2, -0.15) is 5.10 Å². The maximum Gasteiger partial charge on any atom is 0.320 e. The number of nitrogens with zero attached hydrogens (tertiary/aromatic N) is 2. The first-order valence-electron chi connectivity index (χ1n) is 6.12. The van der Waals surface area contributed by atoms with E-state index in [0.29, 0.717) is 18.8 Å². The fourth-order valence-corrected chi connectivity index (χ4v) is 1.53. The Morgan fingerprint density at radius 3 is 2.68 bits per heavy atom. The van der Waals surface area contributed by atoms with Crippen molar-refractivity contribution in [2.45, 2.75) is 39.2 Å². The van der Waals surface area contributed by atoms with Crippen molar-refractivity contribution in [1.82, 2.24) is 15.1 Å². The molecule has 3 N–H and O–H groups in total. The third-order valence-corrected chi connectivity index (χ3v) is 2.37. The largest absolute Gasteiger partial charge is 0.481 e. The van der Waals surface area contributed by atoms with Crippen molar-refractivity contribution >= 4 is 17.8 Å². The Kier molecular flexibility index (Phi) is 4.91. The average molecular weight is 268 g/mol. The van der Waals surface area contributed by atoms with E-state index in [1.165, 1.54) is 0 Å². The minimum atomic E-state index is -0.868. The lowest BCUT2D eigenvalue weighted by molar-refractivity contribution is -0.137. The molecule has 106 valence electrons. The summed E-state index contributed by atoms with van der Waals surface area (Å²) in [5.74, 6) is -0.267. The molecule has 0 spiro atoms. The number of carboxylic acids is 1. The standard InChI is InChI=1S/C12H20N4O3/c1-12(2,3)16-9(6-8-14-16)15-11(19)13-7-4-5-10(17)18/h6,8H,4-5,7H2,1-3H3,(H,17,18)(H2,13,15,19). The first kappa shape index (κ1) is 15.0. The molecule has 0 saturated heterocycles. The molecule has 7 heteroatoms. The van der Waals surface area contributed by atoms with Crippen LogP contribution in [0.15, 0.2) is 12.3 Å². The van der Waals surface area contributed by atoms with Gasteiger partial charge in [0.25, 0.3) is 0 Å². The first-order chi connectivity index (χ1) is 8.80. The topological polar surface area (TPSA) is 96.3 Å². The van der Waals surface area contributed by atoms with Crippen LogP contribution in [0.5, 0.6) is 0 Å². The number of aromatic nitrogens is 2. The van der Waals surface area contributed by atoms with Crippen molar-refractivity contribution in [2.75, 3.05) is 11.9 Å². The molecule has 0 fully saturated rings. The Morgan fingerprint density at radius 1 is 1.42 bits per heavy atom. The molecule has 2 amide bonds. The van der Waals surface area contributed by atoms with Crippen LogP contribution in [0.1, 0.15) is 33.6 Å². The number of amides is 2. The molecule has 0 aromatic carbocycles. The van der Waals surface area contributed by atoms with Gasteiger partial charge in [0.15, 0.2) is 0 Å². The van der Waals surface area contributed by atoms with Gasteiger partial charge in [-0.25, -0.2) is 9.48 Å². The van der Waals surface area contributed by atoms with Gasteiger partial charge in [-0.15, -0.1) is 0 Å². The number of hydrogen-bond donors (Lipinski definition) is 3. The summed E-state index contributed by atoms with van der Waals surface area (Å²) in [7, 11) is 0. The summed E-state index contributed by atoms with van der Waals surface area (Å²) in [5.41, 5.74) is -0.227.